The van der Waals surface area contributed by atoms with E-state index in [1.54, 1.807) is 7.05 Å². The van der Waals surface area contributed by atoms with Crippen LogP contribution < -0.4 is 16.0 Å². The van der Waals surface area contributed by atoms with E-state index in [0.717, 1.165) is 31.1 Å². The molecule has 1 unspecified atom stereocenters. The number of halogens is 1. The van der Waals surface area contributed by atoms with Crippen molar-refractivity contribution in [1.82, 2.24) is 16.0 Å². The van der Waals surface area contributed by atoms with Gasteiger partial charge < -0.3 is 20.7 Å². The molecule has 27 heavy (non-hydrogen) atoms. The van der Waals surface area contributed by atoms with Crippen molar-refractivity contribution in [3.63, 3.8) is 0 Å². The molecule has 1 amide bonds. The quantitative estimate of drug-likeness (QED) is 0.268. The van der Waals surface area contributed by atoms with Crippen LogP contribution in [0.4, 0.5) is 0 Å². The van der Waals surface area contributed by atoms with Crippen LogP contribution in [-0.4, -0.2) is 44.7 Å². The highest BCUT2D eigenvalue weighted by Crippen LogP contribution is 2.10. The smallest absolute Gasteiger partial charge is 0.251 e. The van der Waals surface area contributed by atoms with Gasteiger partial charge in [0.25, 0.3) is 5.91 Å². The Labute approximate surface area is 181 Å². The molecule has 7 heteroatoms. The second-order valence-electron chi connectivity index (χ2n) is 6.44. The Balaban J connectivity index is 0.00000676. The van der Waals surface area contributed by atoms with Crippen LogP contribution in [0.5, 0.6) is 0 Å². The normalized spacial score (nSPS) is 12.3. The summed E-state index contributed by atoms with van der Waals surface area (Å²) in [6.07, 6.45) is 1.18. The number of hydrogen-bond acceptors (Lipinski definition) is 3. The van der Waals surface area contributed by atoms with Crippen molar-refractivity contribution in [2.24, 2.45) is 10.9 Å². The minimum Gasteiger partial charge on any atom is -0.378 e. The van der Waals surface area contributed by atoms with Crippen molar-refractivity contribution in [3.8, 4) is 0 Å². The first-order chi connectivity index (χ1) is 12.5. The van der Waals surface area contributed by atoms with E-state index >= 15 is 0 Å². The molecule has 0 bridgehead atoms. The van der Waals surface area contributed by atoms with E-state index in [9.17, 15) is 4.79 Å². The van der Waals surface area contributed by atoms with Crippen molar-refractivity contribution in [3.05, 3.63) is 35.4 Å². The fourth-order valence-corrected chi connectivity index (χ4v) is 2.65. The van der Waals surface area contributed by atoms with Crippen LogP contribution in [0.25, 0.3) is 0 Å². The Morgan fingerprint density at radius 3 is 2.52 bits per heavy atom. The fourth-order valence-electron chi connectivity index (χ4n) is 2.65. The number of ether oxygens (including phenoxy) is 1. The minimum atomic E-state index is -0.0486. The third kappa shape index (κ3) is 9.95. The van der Waals surface area contributed by atoms with E-state index in [-0.39, 0.29) is 36.0 Å². The molecule has 0 aliphatic carbocycles. The van der Waals surface area contributed by atoms with E-state index in [1.807, 2.05) is 38.1 Å². The maximum Gasteiger partial charge on any atom is 0.251 e. The lowest BCUT2D eigenvalue weighted by molar-refractivity contribution is 0.0258. The molecule has 0 aliphatic rings. The lowest BCUT2D eigenvalue weighted by atomic mass is 10.0. The third-order valence-electron chi connectivity index (χ3n) is 4.06. The van der Waals surface area contributed by atoms with E-state index in [2.05, 4.69) is 34.8 Å². The highest BCUT2D eigenvalue weighted by Gasteiger charge is 2.13. The van der Waals surface area contributed by atoms with Gasteiger partial charge in [-0.3, -0.25) is 9.79 Å². The van der Waals surface area contributed by atoms with Crippen LogP contribution in [0.15, 0.2) is 29.3 Å². The van der Waals surface area contributed by atoms with Crippen LogP contribution in [0.2, 0.25) is 0 Å². The number of carbonyl (C=O) groups is 1. The number of carbonyl (C=O) groups excluding carboxylic acids is 1. The number of nitrogens with zero attached hydrogens (tertiary/aromatic N) is 1. The zero-order chi connectivity index (χ0) is 19.4. The Hall–Kier alpha value is -1.35. The van der Waals surface area contributed by atoms with Gasteiger partial charge in [-0.2, -0.15) is 0 Å². The summed E-state index contributed by atoms with van der Waals surface area (Å²) in [6, 6.07) is 7.61. The van der Waals surface area contributed by atoms with Crippen LogP contribution in [0.3, 0.4) is 0 Å². The number of hydrogen-bond donors (Lipinski definition) is 3. The van der Waals surface area contributed by atoms with E-state index < -0.39 is 0 Å². The van der Waals surface area contributed by atoms with Gasteiger partial charge in [-0.1, -0.05) is 26.0 Å². The van der Waals surface area contributed by atoms with E-state index in [1.165, 1.54) is 0 Å². The van der Waals surface area contributed by atoms with E-state index in [0.29, 0.717) is 24.6 Å². The lowest BCUT2D eigenvalue weighted by Gasteiger charge is -2.21. The van der Waals surface area contributed by atoms with Crippen molar-refractivity contribution >= 4 is 35.8 Å². The molecule has 0 fully saturated rings. The summed E-state index contributed by atoms with van der Waals surface area (Å²) < 4.78 is 5.77. The molecule has 0 spiro atoms. The van der Waals surface area contributed by atoms with Gasteiger partial charge in [0.05, 0.1) is 6.10 Å². The number of rotatable bonds is 10. The molecule has 0 radical (unpaired) electrons. The van der Waals surface area contributed by atoms with Crippen LogP contribution >= 0.6 is 24.0 Å². The van der Waals surface area contributed by atoms with Gasteiger partial charge in [0.1, 0.15) is 0 Å². The molecular weight excluding hydrogens is 455 g/mol. The predicted molar refractivity (Wildman–Crippen MR) is 123 cm³/mol. The summed E-state index contributed by atoms with van der Waals surface area (Å²) in [5.74, 6) is 1.18. The first-order valence-electron chi connectivity index (χ1n) is 9.45. The van der Waals surface area contributed by atoms with Gasteiger partial charge in [0.15, 0.2) is 5.96 Å². The zero-order valence-electron chi connectivity index (χ0n) is 17.2. The number of benzene rings is 1. The number of guanidine groups is 1. The molecule has 0 heterocycles. The van der Waals surface area contributed by atoms with Crippen LogP contribution in [-0.2, 0) is 11.3 Å². The minimum absolute atomic E-state index is 0. The summed E-state index contributed by atoms with van der Waals surface area (Å²) in [4.78, 5) is 16.2. The van der Waals surface area contributed by atoms with Crippen LogP contribution in [0, 0.1) is 5.92 Å². The molecule has 3 N–H and O–H groups in total. The lowest BCUT2D eigenvalue weighted by Crippen LogP contribution is -2.39. The largest absolute Gasteiger partial charge is 0.378 e. The second-order valence-corrected chi connectivity index (χ2v) is 6.44. The Morgan fingerprint density at radius 1 is 1.19 bits per heavy atom. The first-order valence-corrected chi connectivity index (χ1v) is 9.45. The molecule has 0 saturated carbocycles. The summed E-state index contributed by atoms with van der Waals surface area (Å²) in [7, 11) is 1.75. The molecule has 0 aromatic heterocycles. The molecule has 6 nitrogen and oxygen atoms in total. The Morgan fingerprint density at radius 2 is 1.93 bits per heavy atom. The molecule has 154 valence electrons. The molecule has 1 aromatic rings. The SMILES string of the molecule is CCNC(=O)c1cccc(CNC(=NC)NCCC(OCC)C(C)C)c1.I. The molecule has 1 atom stereocenters. The maximum atomic E-state index is 11.9. The molecule has 0 saturated heterocycles. The maximum absolute atomic E-state index is 11.9. The number of amides is 1. The van der Waals surface area contributed by atoms with Gasteiger partial charge >= 0.3 is 0 Å². The fraction of sp³-hybridized carbons (Fsp3) is 0.600. The third-order valence-corrected chi connectivity index (χ3v) is 4.06. The Kier molecular flexibility index (Phi) is 13.9. The predicted octanol–water partition coefficient (Wildman–Crippen LogP) is 3.17. The highest BCUT2D eigenvalue weighted by atomic mass is 127. The van der Waals surface area contributed by atoms with Gasteiger partial charge in [0.2, 0.25) is 0 Å². The van der Waals surface area contributed by atoms with Gasteiger partial charge in [-0.05, 0) is 43.9 Å². The van der Waals surface area contributed by atoms with Gasteiger partial charge in [-0.25, -0.2) is 0 Å². The zero-order valence-corrected chi connectivity index (χ0v) is 19.5. The molecule has 1 rings (SSSR count). The van der Waals surface area contributed by atoms with Crippen LogP contribution in [0.1, 0.15) is 50.0 Å². The standard InChI is InChI=1S/C20H34N4O2.HI/c1-6-22-19(25)17-10-8-9-16(13-17)14-24-20(21-5)23-12-11-18(15(3)4)26-7-2;/h8-10,13,15,18H,6-7,11-12,14H2,1-5H3,(H,22,25)(H2,21,23,24);1H. The first kappa shape index (κ1) is 25.6. The average Bonchev–Trinajstić information content (AvgIpc) is 2.63. The summed E-state index contributed by atoms with van der Waals surface area (Å²) in [6.45, 7) is 11.0. The summed E-state index contributed by atoms with van der Waals surface area (Å²) >= 11 is 0. The van der Waals surface area contributed by atoms with E-state index in [4.69, 9.17) is 4.74 Å². The topological polar surface area (TPSA) is 74.8 Å². The average molecular weight is 490 g/mol. The summed E-state index contributed by atoms with van der Waals surface area (Å²) in [5, 5.41) is 9.42. The molecule has 0 aliphatic heterocycles. The number of nitrogens with one attached hydrogen (secondary N) is 3. The highest BCUT2D eigenvalue weighted by molar-refractivity contribution is 14.0. The van der Waals surface area contributed by atoms with Crippen molar-refractivity contribution in [2.45, 2.75) is 46.8 Å². The van der Waals surface area contributed by atoms with Crippen molar-refractivity contribution in [1.29, 1.82) is 0 Å². The molecule has 1 aromatic carbocycles. The van der Waals surface area contributed by atoms with Gasteiger partial charge in [-0.15, -0.1) is 24.0 Å². The van der Waals surface area contributed by atoms with Crippen molar-refractivity contribution < 1.29 is 9.53 Å². The van der Waals surface area contributed by atoms with Gasteiger partial charge in [0, 0.05) is 38.9 Å². The van der Waals surface area contributed by atoms with Crippen molar-refractivity contribution in [2.75, 3.05) is 26.7 Å². The summed E-state index contributed by atoms with van der Waals surface area (Å²) in [5.41, 5.74) is 1.71. The molecular formula is C20H35IN4O2. The second kappa shape index (κ2) is 14.7. The Bertz CT molecular complexity index is 579. The monoisotopic (exact) mass is 490 g/mol. The number of aliphatic imine (C=N–C) groups is 1.